The number of nitrogens with one attached hydrogen (secondary N) is 1. The van der Waals surface area contributed by atoms with Crippen LogP contribution >= 0.6 is 0 Å². The Balaban J connectivity index is 2.06. The van der Waals surface area contributed by atoms with Gasteiger partial charge in [0.15, 0.2) is 5.56 Å². The Kier molecular flexibility index (Phi) is 3.39. The molecule has 2 N–H and O–H groups in total. The number of carbonyl (C=O) groups excluding carboxylic acids is 1. The Morgan fingerprint density at radius 3 is 2.68 bits per heavy atom. The monoisotopic (exact) mass is 295 g/mol. The van der Waals surface area contributed by atoms with Crippen molar-refractivity contribution in [1.29, 1.82) is 0 Å². The molecule has 0 aliphatic heterocycles. The van der Waals surface area contributed by atoms with Crippen molar-refractivity contribution < 1.29 is 14.3 Å². The number of aromatic hydroxyl groups is 1. The quantitative estimate of drug-likeness (QED) is 0.712. The van der Waals surface area contributed by atoms with E-state index < -0.39 is 17.1 Å². The summed E-state index contributed by atoms with van der Waals surface area (Å²) in [6.45, 7) is 1.89. The minimum atomic E-state index is -0.874. The number of hydrogen-bond donors (Lipinski definition) is 2. The third-order valence-electron chi connectivity index (χ3n) is 3.29. The first-order valence-electron chi connectivity index (χ1n) is 6.69. The molecule has 3 aromatic rings. The lowest BCUT2D eigenvalue weighted by molar-refractivity contribution is 0.102. The molecular weight excluding hydrogens is 282 g/mol. The molecule has 110 valence electrons. The summed E-state index contributed by atoms with van der Waals surface area (Å²) < 4.78 is 5.08. The van der Waals surface area contributed by atoms with Gasteiger partial charge in [-0.3, -0.25) is 4.79 Å². The standard InChI is InChI=1S/C17H13NO4/c1-10-5-4-6-11(9-10)18-16(20)14-15(19)12-7-2-3-8-13(12)22-17(14)21/h2-9,19H,1H3,(H,18,20). The van der Waals surface area contributed by atoms with Gasteiger partial charge in [-0.1, -0.05) is 24.3 Å². The van der Waals surface area contributed by atoms with Crippen LogP contribution in [0.25, 0.3) is 11.0 Å². The molecule has 0 radical (unpaired) electrons. The van der Waals surface area contributed by atoms with Crippen LogP contribution in [0.3, 0.4) is 0 Å². The molecule has 0 saturated carbocycles. The van der Waals surface area contributed by atoms with Gasteiger partial charge in [0.2, 0.25) is 0 Å². The van der Waals surface area contributed by atoms with Crippen molar-refractivity contribution in [3.63, 3.8) is 0 Å². The van der Waals surface area contributed by atoms with E-state index in [4.69, 9.17) is 4.42 Å². The zero-order valence-electron chi connectivity index (χ0n) is 11.8. The first-order valence-corrected chi connectivity index (χ1v) is 6.69. The summed E-state index contributed by atoms with van der Waals surface area (Å²) in [6.07, 6.45) is 0. The van der Waals surface area contributed by atoms with E-state index in [-0.39, 0.29) is 11.3 Å². The number of anilines is 1. The molecule has 1 heterocycles. The van der Waals surface area contributed by atoms with Crippen LogP contribution in [-0.4, -0.2) is 11.0 Å². The molecule has 1 aromatic heterocycles. The van der Waals surface area contributed by atoms with Crippen molar-refractivity contribution in [3.8, 4) is 5.75 Å². The van der Waals surface area contributed by atoms with Crippen LogP contribution in [0.1, 0.15) is 15.9 Å². The first-order chi connectivity index (χ1) is 10.6. The molecule has 2 aromatic carbocycles. The minimum absolute atomic E-state index is 0.233. The maximum atomic E-state index is 12.3. The largest absolute Gasteiger partial charge is 0.506 e. The molecule has 0 atom stereocenters. The molecule has 3 rings (SSSR count). The van der Waals surface area contributed by atoms with Crippen LogP contribution in [0.5, 0.6) is 5.75 Å². The number of benzene rings is 2. The van der Waals surface area contributed by atoms with Crippen LogP contribution < -0.4 is 10.9 Å². The van der Waals surface area contributed by atoms with Gasteiger partial charge >= 0.3 is 5.63 Å². The zero-order valence-corrected chi connectivity index (χ0v) is 11.8. The molecule has 0 bridgehead atoms. The van der Waals surface area contributed by atoms with E-state index in [1.807, 2.05) is 13.0 Å². The fraction of sp³-hybridized carbons (Fsp3) is 0.0588. The van der Waals surface area contributed by atoms with E-state index in [2.05, 4.69) is 5.32 Å². The van der Waals surface area contributed by atoms with E-state index >= 15 is 0 Å². The predicted molar refractivity (Wildman–Crippen MR) is 83.3 cm³/mol. The van der Waals surface area contributed by atoms with E-state index in [1.165, 1.54) is 0 Å². The van der Waals surface area contributed by atoms with E-state index in [9.17, 15) is 14.7 Å². The molecule has 0 spiro atoms. The van der Waals surface area contributed by atoms with Crippen LogP contribution in [0.4, 0.5) is 5.69 Å². The van der Waals surface area contributed by atoms with Crippen molar-refractivity contribution in [2.45, 2.75) is 6.92 Å². The second-order valence-electron chi connectivity index (χ2n) is 4.93. The topological polar surface area (TPSA) is 79.5 Å². The minimum Gasteiger partial charge on any atom is -0.506 e. The molecule has 0 aliphatic carbocycles. The molecule has 22 heavy (non-hydrogen) atoms. The van der Waals surface area contributed by atoms with Gasteiger partial charge in [-0.05, 0) is 36.8 Å². The molecule has 0 saturated heterocycles. The number of para-hydroxylation sites is 1. The van der Waals surface area contributed by atoms with Crippen molar-refractivity contribution >= 4 is 22.6 Å². The number of hydrogen-bond acceptors (Lipinski definition) is 4. The van der Waals surface area contributed by atoms with E-state index in [1.54, 1.807) is 42.5 Å². The second-order valence-corrected chi connectivity index (χ2v) is 4.93. The maximum Gasteiger partial charge on any atom is 0.353 e. The molecule has 0 aliphatic rings. The van der Waals surface area contributed by atoms with Gasteiger partial charge in [0.05, 0.1) is 5.39 Å². The Labute approximate surface area is 125 Å². The number of carbonyl (C=O) groups is 1. The van der Waals surface area contributed by atoms with Gasteiger partial charge in [0, 0.05) is 5.69 Å². The maximum absolute atomic E-state index is 12.3. The summed E-state index contributed by atoms with van der Waals surface area (Å²) in [5.74, 6) is -1.08. The summed E-state index contributed by atoms with van der Waals surface area (Å²) in [6, 6.07) is 13.6. The summed E-state index contributed by atoms with van der Waals surface area (Å²) in [7, 11) is 0. The smallest absolute Gasteiger partial charge is 0.353 e. The average Bonchev–Trinajstić information content (AvgIpc) is 2.47. The van der Waals surface area contributed by atoms with Crippen LogP contribution in [0, 0.1) is 6.92 Å². The first kappa shape index (κ1) is 13.9. The van der Waals surface area contributed by atoms with Gasteiger partial charge in [-0.25, -0.2) is 4.79 Å². The van der Waals surface area contributed by atoms with E-state index in [0.29, 0.717) is 11.1 Å². The van der Waals surface area contributed by atoms with Gasteiger partial charge in [-0.2, -0.15) is 0 Å². The highest BCUT2D eigenvalue weighted by Crippen LogP contribution is 2.26. The third-order valence-corrected chi connectivity index (χ3v) is 3.29. The fourth-order valence-corrected chi connectivity index (χ4v) is 2.25. The zero-order chi connectivity index (χ0) is 15.7. The number of rotatable bonds is 2. The van der Waals surface area contributed by atoms with Gasteiger partial charge in [0.1, 0.15) is 11.3 Å². The predicted octanol–water partition coefficient (Wildman–Crippen LogP) is 3.06. The van der Waals surface area contributed by atoms with Gasteiger partial charge < -0.3 is 14.8 Å². The highest BCUT2D eigenvalue weighted by Gasteiger charge is 2.20. The number of aryl methyl sites for hydroxylation is 1. The second kappa shape index (κ2) is 5.37. The Hall–Kier alpha value is -3.08. The van der Waals surface area contributed by atoms with Gasteiger partial charge in [-0.15, -0.1) is 0 Å². The Bertz CT molecular complexity index is 927. The van der Waals surface area contributed by atoms with Crippen molar-refractivity contribution in [2.75, 3.05) is 5.32 Å². The lowest BCUT2D eigenvalue weighted by Gasteiger charge is -2.08. The fourth-order valence-electron chi connectivity index (χ4n) is 2.25. The third kappa shape index (κ3) is 2.44. The average molecular weight is 295 g/mol. The highest BCUT2D eigenvalue weighted by atomic mass is 16.4. The molecule has 0 fully saturated rings. The molecule has 0 unspecified atom stereocenters. The summed E-state index contributed by atoms with van der Waals surface area (Å²) in [4.78, 5) is 24.2. The lowest BCUT2D eigenvalue weighted by Crippen LogP contribution is -2.21. The Morgan fingerprint density at radius 2 is 1.91 bits per heavy atom. The molecule has 5 heteroatoms. The summed E-state index contributed by atoms with van der Waals surface area (Å²) >= 11 is 0. The van der Waals surface area contributed by atoms with E-state index in [0.717, 1.165) is 5.56 Å². The van der Waals surface area contributed by atoms with Crippen molar-refractivity contribution in [2.24, 2.45) is 0 Å². The SMILES string of the molecule is Cc1cccc(NC(=O)c2c(O)c3ccccc3oc2=O)c1. The summed E-state index contributed by atoms with van der Waals surface area (Å²) in [5, 5.41) is 13.1. The van der Waals surface area contributed by atoms with Crippen molar-refractivity contribution in [3.05, 3.63) is 70.1 Å². The lowest BCUT2D eigenvalue weighted by atomic mass is 10.1. The van der Waals surface area contributed by atoms with Crippen LogP contribution in [0.15, 0.2) is 57.7 Å². The normalized spacial score (nSPS) is 10.6. The highest BCUT2D eigenvalue weighted by molar-refractivity contribution is 6.08. The molecular formula is C17H13NO4. The van der Waals surface area contributed by atoms with Crippen LogP contribution in [0.2, 0.25) is 0 Å². The number of fused-ring (bicyclic) bond motifs is 1. The van der Waals surface area contributed by atoms with Gasteiger partial charge in [0.25, 0.3) is 5.91 Å². The summed E-state index contributed by atoms with van der Waals surface area (Å²) in [5.41, 5.74) is 0.461. The van der Waals surface area contributed by atoms with Crippen LogP contribution in [-0.2, 0) is 0 Å². The number of amides is 1. The van der Waals surface area contributed by atoms with Crippen molar-refractivity contribution in [1.82, 2.24) is 0 Å². The molecule has 5 nitrogen and oxygen atoms in total. The Morgan fingerprint density at radius 1 is 1.14 bits per heavy atom. The molecule has 1 amide bonds.